The first-order valence-corrected chi connectivity index (χ1v) is 10.4. The number of aliphatic imine (C=N–C) groups is 1. The van der Waals surface area contributed by atoms with Crippen molar-refractivity contribution in [1.82, 2.24) is 0 Å². The molecule has 0 amide bonds. The van der Waals surface area contributed by atoms with E-state index < -0.39 is 0 Å². The number of hydrogen-bond donors (Lipinski definition) is 0. The van der Waals surface area contributed by atoms with Gasteiger partial charge in [0.05, 0.1) is 15.9 Å². The molecule has 4 heteroatoms. The maximum atomic E-state index is 6.10. The van der Waals surface area contributed by atoms with Gasteiger partial charge in [0.1, 0.15) is 6.61 Å². The molecule has 0 spiro atoms. The van der Waals surface area contributed by atoms with Crippen LogP contribution in [0.2, 0.25) is 0 Å². The Morgan fingerprint density at radius 1 is 0.893 bits per heavy atom. The first-order valence-electron chi connectivity index (χ1n) is 9.30. The van der Waals surface area contributed by atoms with Crippen LogP contribution in [0.5, 0.6) is 11.5 Å². The van der Waals surface area contributed by atoms with Gasteiger partial charge in [0.25, 0.3) is 0 Å². The number of rotatable bonds is 7. The van der Waals surface area contributed by atoms with Crippen molar-refractivity contribution in [2.75, 3.05) is 6.61 Å². The zero-order chi connectivity index (χ0) is 19.9. The van der Waals surface area contributed by atoms with Gasteiger partial charge in [-0.1, -0.05) is 47.5 Å². The lowest BCUT2D eigenvalue weighted by Crippen LogP contribution is -2.02. The van der Waals surface area contributed by atoms with Crippen molar-refractivity contribution >= 4 is 34.5 Å². The van der Waals surface area contributed by atoms with Gasteiger partial charge in [-0.15, -0.1) is 0 Å². The molecule has 0 aliphatic heterocycles. The fourth-order valence-electron chi connectivity index (χ4n) is 2.69. The maximum Gasteiger partial charge on any atom is 0.175 e. The lowest BCUT2D eigenvalue weighted by atomic mass is 10.1. The van der Waals surface area contributed by atoms with Gasteiger partial charge >= 0.3 is 0 Å². The summed E-state index contributed by atoms with van der Waals surface area (Å²) < 4.78 is 12.9. The predicted molar refractivity (Wildman–Crippen MR) is 124 cm³/mol. The summed E-state index contributed by atoms with van der Waals surface area (Å²) in [5, 5.41) is 0. The zero-order valence-electron chi connectivity index (χ0n) is 16.4. The molecular weight excluding hydrogens is 461 g/mol. The highest BCUT2D eigenvalue weighted by Crippen LogP contribution is 2.34. The van der Waals surface area contributed by atoms with Crippen LogP contribution >= 0.6 is 22.6 Å². The van der Waals surface area contributed by atoms with Crippen LogP contribution < -0.4 is 9.47 Å². The van der Waals surface area contributed by atoms with Crippen LogP contribution in [-0.2, 0) is 6.61 Å². The van der Waals surface area contributed by atoms with E-state index in [-0.39, 0.29) is 0 Å². The summed E-state index contributed by atoms with van der Waals surface area (Å²) in [6, 6.07) is 20.6. The average molecular weight is 485 g/mol. The van der Waals surface area contributed by atoms with Gasteiger partial charge in [-0.05, 0) is 78.8 Å². The summed E-state index contributed by atoms with van der Waals surface area (Å²) >= 11 is 2.29. The highest BCUT2D eigenvalue weighted by atomic mass is 127. The molecule has 0 saturated carbocycles. The Hall–Kier alpha value is -2.34. The van der Waals surface area contributed by atoms with E-state index in [0.717, 1.165) is 31.9 Å². The average Bonchev–Trinajstić information content (AvgIpc) is 2.68. The Morgan fingerprint density at radius 3 is 2.18 bits per heavy atom. The molecule has 3 aromatic carbocycles. The molecule has 0 saturated heterocycles. The standard InChI is InChI=1S/C24H24INO2/c1-4-27-23-14-20(15-26-21-11-7-18(3)8-12-21)13-22(25)24(23)28-16-19-9-5-17(2)6-10-19/h5-15H,4,16H2,1-3H3. The van der Waals surface area contributed by atoms with E-state index in [2.05, 4.69) is 83.9 Å². The lowest BCUT2D eigenvalue weighted by Gasteiger charge is -2.15. The normalized spacial score (nSPS) is 11.0. The van der Waals surface area contributed by atoms with Crippen molar-refractivity contribution in [2.45, 2.75) is 27.4 Å². The Kier molecular flexibility index (Phi) is 7.09. The number of aryl methyl sites for hydroxylation is 2. The topological polar surface area (TPSA) is 30.8 Å². The minimum Gasteiger partial charge on any atom is -0.490 e. The molecule has 144 valence electrons. The first-order chi connectivity index (χ1) is 13.5. The van der Waals surface area contributed by atoms with Crippen molar-refractivity contribution in [2.24, 2.45) is 4.99 Å². The van der Waals surface area contributed by atoms with Crippen LogP contribution in [0.4, 0.5) is 5.69 Å². The molecule has 0 heterocycles. The van der Waals surface area contributed by atoms with Gasteiger partial charge < -0.3 is 9.47 Å². The number of halogens is 1. The van der Waals surface area contributed by atoms with Crippen molar-refractivity contribution in [1.29, 1.82) is 0 Å². The van der Waals surface area contributed by atoms with E-state index in [1.807, 2.05) is 31.3 Å². The van der Waals surface area contributed by atoms with Crippen LogP contribution in [0.15, 0.2) is 65.7 Å². The van der Waals surface area contributed by atoms with Crippen molar-refractivity contribution in [3.05, 3.63) is 86.5 Å². The molecule has 0 fully saturated rings. The third-order valence-electron chi connectivity index (χ3n) is 4.23. The van der Waals surface area contributed by atoms with Gasteiger partial charge in [0.2, 0.25) is 0 Å². The quantitative estimate of drug-likeness (QED) is 0.278. The molecule has 3 nitrogen and oxygen atoms in total. The summed E-state index contributed by atoms with van der Waals surface area (Å²) in [5.41, 5.74) is 5.51. The SMILES string of the molecule is CCOc1cc(C=Nc2ccc(C)cc2)cc(I)c1OCc1ccc(C)cc1. The van der Waals surface area contributed by atoms with Crippen molar-refractivity contribution in [3.8, 4) is 11.5 Å². The smallest absolute Gasteiger partial charge is 0.175 e. The third kappa shape index (κ3) is 5.58. The molecule has 0 aromatic heterocycles. The van der Waals surface area contributed by atoms with Crippen molar-refractivity contribution in [3.63, 3.8) is 0 Å². The van der Waals surface area contributed by atoms with Crippen LogP contribution in [0.1, 0.15) is 29.2 Å². The van der Waals surface area contributed by atoms with E-state index in [1.165, 1.54) is 11.1 Å². The third-order valence-corrected chi connectivity index (χ3v) is 5.03. The van der Waals surface area contributed by atoms with Gasteiger partial charge in [-0.25, -0.2) is 0 Å². The highest BCUT2D eigenvalue weighted by Gasteiger charge is 2.12. The highest BCUT2D eigenvalue weighted by molar-refractivity contribution is 14.1. The number of benzene rings is 3. The van der Waals surface area contributed by atoms with Crippen LogP contribution in [0.3, 0.4) is 0 Å². The van der Waals surface area contributed by atoms with Crippen LogP contribution in [0, 0.1) is 17.4 Å². The minimum atomic E-state index is 0.507. The zero-order valence-corrected chi connectivity index (χ0v) is 18.6. The Bertz CT molecular complexity index is 948. The molecule has 0 aliphatic carbocycles. The summed E-state index contributed by atoms with van der Waals surface area (Å²) in [4.78, 5) is 4.57. The molecule has 0 atom stereocenters. The summed E-state index contributed by atoms with van der Waals surface area (Å²) in [5.74, 6) is 1.52. The number of ether oxygens (including phenoxy) is 2. The summed E-state index contributed by atoms with van der Waals surface area (Å²) in [7, 11) is 0. The summed E-state index contributed by atoms with van der Waals surface area (Å²) in [6.07, 6.45) is 1.86. The monoisotopic (exact) mass is 485 g/mol. The maximum absolute atomic E-state index is 6.10. The second kappa shape index (κ2) is 9.73. The fourth-order valence-corrected chi connectivity index (χ4v) is 3.47. The molecule has 0 aliphatic rings. The Morgan fingerprint density at radius 2 is 1.54 bits per heavy atom. The van der Waals surface area contributed by atoms with E-state index in [9.17, 15) is 0 Å². The fraction of sp³-hybridized carbons (Fsp3) is 0.208. The molecule has 0 unspecified atom stereocenters. The van der Waals surface area contributed by atoms with E-state index in [4.69, 9.17) is 9.47 Å². The largest absolute Gasteiger partial charge is 0.490 e. The molecule has 28 heavy (non-hydrogen) atoms. The number of nitrogens with zero attached hydrogens (tertiary/aromatic N) is 1. The molecule has 0 bridgehead atoms. The van der Waals surface area contributed by atoms with Gasteiger partial charge in [0, 0.05) is 6.21 Å². The van der Waals surface area contributed by atoms with Crippen molar-refractivity contribution < 1.29 is 9.47 Å². The molecule has 0 radical (unpaired) electrons. The van der Waals surface area contributed by atoms with E-state index >= 15 is 0 Å². The lowest BCUT2D eigenvalue weighted by molar-refractivity contribution is 0.267. The number of hydrogen-bond acceptors (Lipinski definition) is 3. The van der Waals surface area contributed by atoms with Gasteiger partial charge in [-0.2, -0.15) is 0 Å². The van der Waals surface area contributed by atoms with E-state index in [0.29, 0.717) is 13.2 Å². The predicted octanol–water partition coefficient (Wildman–Crippen LogP) is 6.64. The summed E-state index contributed by atoms with van der Waals surface area (Å²) in [6.45, 7) is 7.21. The molecule has 3 aromatic rings. The molecule has 3 rings (SSSR count). The van der Waals surface area contributed by atoms with Gasteiger partial charge in [-0.3, -0.25) is 4.99 Å². The second-order valence-corrected chi connectivity index (χ2v) is 7.79. The van der Waals surface area contributed by atoms with E-state index in [1.54, 1.807) is 0 Å². The van der Waals surface area contributed by atoms with Gasteiger partial charge in [0.15, 0.2) is 11.5 Å². The van der Waals surface area contributed by atoms with Crippen LogP contribution in [0.25, 0.3) is 0 Å². The Balaban J connectivity index is 1.80. The molecule has 0 N–H and O–H groups in total. The molecular formula is C24H24INO2. The second-order valence-electron chi connectivity index (χ2n) is 6.63. The van der Waals surface area contributed by atoms with Crippen LogP contribution in [-0.4, -0.2) is 12.8 Å². The first kappa shape index (κ1) is 20.4. The Labute approximate surface area is 180 Å². The minimum absolute atomic E-state index is 0.507.